The molecule has 2 N–H and O–H groups in total. The van der Waals surface area contributed by atoms with E-state index in [-0.39, 0.29) is 25.9 Å². The molecule has 11 nitrogen and oxygen atoms in total. The van der Waals surface area contributed by atoms with E-state index in [9.17, 15) is 28.9 Å². The minimum atomic E-state index is -4.75. The molecule has 0 rings (SSSR count). The molecule has 0 radical (unpaired) electrons. The Morgan fingerprint density at radius 2 is 0.671 bits per heavy atom. The van der Waals surface area contributed by atoms with Gasteiger partial charge in [-0.15, -0.1) is 0 Å². The molecule has 0 fully saturated rings. The van der Waals surface area contributed by atoms with Crippen molar-refractivity contribution in [2.75, 3.05) is 26.4 Å². The third-order valence-corrected chi connectivity index (χ3v) is 15.0. The van der Waals surface area contributed by atoms with E-state index in [0.29, 0.717) is 19.3 Å². The lowest BCUT2D eigenvalue weighted by Gasteiger charge is -2.21. The maximum Gasteiger partial charge on any atom is 0.472 e. The number of carbonyl (C=O) groups is 3. The summed E-state index contributed by atoms with van der Waals surface area (Å²) in [4.78, 5) is 48.7. The van der Waals surface area contributed by atoms with Crippen molar-refractivity contribution in [2.45, 2.75) is 328 Å². The van der Waals surface area contributed by atoms with Gasteiger partial charge in [-0.25, -0.2) is 4.57 Å². The normalized spacial score (nSPS) is 13.5. The topological polar surface area (TPSA) is 155 Å². The van der Waals surface area contributed by atoms with Gasteiger partial charge in [0.05, 0.1) is 19.8 Å². The fraction of sp³-hybridized carbons (Fsp3) is 0.859. The zero-order valence-corrected chi connectivity index (χ0v) is 50.4. The highest BCUT2D eigenvalue weighted by Gasteiger charge is 2.28. The van der Waals surface area contributed by atoms with Crippen LogP contribution in [0.15, 0.2) is 36.5 Å². The Hall–Kier alpha value is -2.30. The smallest absolute Gasteiger partial charge is 0.462 e. The molecule has 0 heterocycles. The van der Waals surface area contributed by atoms with Gasteiger partial charge in [-0.1, -0.05) is 263 Å². The number of esters is 3. The average Bonchev–Trinajstić information content (AvgIpc) is 3.41. The highest BCUT2D eigenvalue weighted by Crippen LogP contribution is 2.43. The molecule has 3 atom stereocenters. The molecule has 0 saturated heterocycles. The van der Waals surface area contributed by atoms with Gasteiger partial charge in [-0.3, -0.25) is 23.4 Å². The number of hydrogen-bond donors (Lipinski definition) is 2. The number of phosphoric acid groups is 1. The van der Waals surface area contributed by atoms with Gasteiger partial charge < -0.3 is 24.2 Å². The highest BCUT2D eigenvalue weighted by atomic mass is 31.2. The molecule has 0 aliphatic rings. The predicted molar refractivity (Wildman–Crippen MR) is 316 cm³/mol. The fourth-order valence-electron chi connectivity index (χ4n) is 9.16. The lowest BCUT2D eigenvalue weighted by atomic mass is 10.0. The fourth-order valence-corrected chi connectivity index (χ4v) is 9.94. The van der Waals surface area contributed by atoms with Crippen LogP contribution >= 0.6 is 7.82 Å². The van der Waals surface area contributed by atoms with E-state index in [1.165, 1.54) is 173 Å². The number of allylic oxidation sites excluding steroid dienone is 6. The van der Waals surface area contributed by atoms with Crippen LogP contribution in [0.5, 0.6) is 0 Å². The van der Waals surface area contributed by atoms with Crippen molar-refractivity contribution < 1.29 is 52.2 Å². The first-order chi connectivity index (χ1) is 37.2. The lowest BCUT2D eigenvalue weighted by molar-refractivity contribution is -0.161. The number of aliphatic hydroxyl groups excluding tert-OH is 1. The summed E-state index contributed by atoms with van der Waals surface area (Å²) in [6.45, 7) is 4.62. The molecule has 76 heavy (non-hydrogen) atoms. The predicted octanol–water partition coefficient (Wildman–Crippen LogP) is 19.2. The molecule has 12 heteroatoms. The largest absolute Gasteiger partial charge is 0.472 e. The number of unbranched alkanes of at least 4 members (excludes halogenated alkanes) is 37. The van der Waals surface area contributed by atoms with Crippen LogP contribution in [0.1, 0.15) is 316 Å². The van der Waals surface area contributed by atoms with Crippen LogP contribution in [0, 0.1) is 0 Å². The molecule has 3 unspecified atom stereocenters. The average molecular weight is 1100 g/mol. The van der Waals surface area contributed by atoms with E-state index in [1.54, 1.807) is 0 Å². The van der Waals surface area contributed by atoms with Crippen LogP contribution < -0.4 is 0 Å². The van der Waals surface area contributed by atoms with Gasteiger partial charge in [0.2, 0.25) is 0 Å². The molecule has 0 spiro atoms. The number of rotatable bonds is 60. The highest BCUT2D eigenvalue weighted by molar-refractivity contribution is 7.47. The van der Waals surface area contributed by atoms with Crippen LogP contribution in [0.4, 0.5) is 0 Å². The van der Waals surface area contributed by atoms with Crippen molar-refractivity contribution in [2.24, 2.45) is 0 Å². The molecule has 0 bridgehead atoms. The Kier molecular flexibility index (Phi) is 57.1. The summed E-state index contributed by atoms with van der Waals surface area (Å²) in [6, 6.07) is 0. The van der Waals surface area contributed by atoms with Crippen LogP contribution in [-0.2, 0) is 42.2 Å². The summed E-state index contributed by atoms with van der Waals surface area (Å²) < 4.78 is 39.7. The second kappa shape index (κ2) is 58.8. The molecule has 446 valence electrons. The number of phosphoric ester groups is 1. The van der Waals surface area contributed by atoms with Crippen molar-refractivity contribution in [3.05, 3.63) is 36.5 Å². The monoisotopic (exact) mass is 1090 g/mol. The molecular weight excluding hydrogens is 976 g/mol. The number of carbonyl (C=O) groups excluding carboxylic acids is 3. The quantitative estimate of drug-likeness (QED) is 0.0197. The lowest BCUT2D eigenvalue weighted by Crippen LogP contribution is -2.30. The Balaban J connectivity index is 4.68. The Morgan fingerprint density at radius 1 is 0.368 bits per heavy atom. The SMILES string of the molecule is CCC/C=C\C/C=C\CCCCCCCC(=O)OC(CO)COP(=O)(O)OCC(COC(=O)CCCCCCCCCCCCCCCCCCC)OC(=O)CCCCCCCCCCC/C=C\CCCCCCCC. The van der Waals surface area contributed by atoms with Gasteiger partial charge in [0.25, 0.3) is 0 Å². The summed E-state index contributed by atoms with van der Waals surface area (Å²) in [5.74, 6) is -1.46. The Bertz CT molecular complexity index is 1420. The minimum absolute atomic E-state index is 0.164. The Labute approximate surface area is 467 Å². The van der Waals surface area contributed by atoms with Crippen molar-refractivity contribution in [3.63, 3.8) is 0 Å². The maximum atomic E-state index is 13.0. The zero-order valence-electron chi connectivity index (χ0n) is 49.5. The second-order valence-electron chi connectivity index (χ2n) is 21.6. The van der Waals surface area contributed by atoms with E-state index in [0.717, 1.165) is 83.5 Å². The molecule has 0 aromatic rings. The van der Waals surface area contributed by atoms with Gasteiger partial charge in [-0.05, 0) is 70.6 Å². The summed E-state index contributed by atoms with van der Waals surface area (Å²) in [7, 11) is -4.75. The number of aliphatic hydroxyl groups is 1. The summed E-state index contributed by atoms with van der Waals surface area (Å²) in [6.07, 6.45) is 62.4. The Morgan fingerprint density at radius 3 is 1.04 bits per heavy atom. The molecule has 0 aromatic heterocycles. The minimum Gasteiger partial charge on any atom is -0.462 e. The van der Waals surface area contributed by atoms with Crippen LogP contribution in [0.2, 0.25) is 0 Å². The molecule has 0 aliphatic carbocycles. The second-order valence-corrected chi connectivity index (χ2v) is 23.0. The van der Waals surface area contributed by atoms with E-state index in [1.807, 2.05) is 0 Å². The van der Waals surface area contributed by atoms with Gasteiger partial charge in [-0.2, -0.15) is 0 Å². The van der Waals surface area contributed by atoms with Gasteiger partial charge in [0, 0.05) is 19.3 Å². The van der Waals surface area contributed by atoms with Crippen molar-refractivity contribution in [3.8, 4) is 0 Å². The summed E-state index contributed by atoms with van der Waals surface area (Å²) in [5, 5.41) is 9.83. The van der Waals surface area contributed by atoms with E-state index >= 15 is 0 Å². The third-order valence-electron chi connectivity index (χ3n) is 14.0. The molecule has 0 saturated carbocycles. The van der Waals surface area contributed by atoms with Crippen LogP contribution in [0.25, 0.3) is 0 Å². The summed E-state index contributed by atoms with van der Waals surface area (Å²) >= 11 is 0. The van der Waals surface area contributed by atoms with Crippen LogP contribution in [0.3, 0.4) is 0 Å². The first-order valence-electron chi connectivity index (χ1n) is 31.9. The van der Waals surface area contributed by atoms with Gasteiger partial charge in [0.1, 0.15) is 12.7 Å². The van der Waals surface area contributed by atoms with E-state index < -0.39 is 57.8 Å². The summed E-state index contributed by atoms with van der Waals surface area (Å²) in [5.41, 5.74) is 0. The first kappa shape index (κ1) is 73.7. The molecular formula is C64H119O11P. The molecule has 0 aromatic carbocycles. The standard InChI is InChI=1S/C64H119O11P/c1-4-7-10-13-16-19-22-25-27-29-30-32-34-37-40-43-46-49-52-55-64(68)75-61(57-71-62(66)53-50-47-44-41-38-36-33-31-28-26-23-20-17-14-11-8-5-2)59-73-76(69,70)72-58-60(56-65)74-63(67)54-51-48-45-42-39-35-24-21-18-15-12-9-6-3/h12,15,21,24-25,27,60-61,65H,4-11,13-14,16-20,22-23,26,28-59H2,1-3H3,(H,69,70)/b15-12-,24-21-,27-25-. The first-order valence-corrected chi connectivity index (χ1v) is 33.4. The van der Waals surface area contributed by atoms with Gasteiger partial charge >= 0.3 is 25.7 Å². The van der Waals surface area contributed by atoms with Crippen molar-refractivity contribution in [1.29, 1.82) is 0 Å². The molecule has 0 aliphatic heterocycles. The third kappa shape index (κ3) is 56.4. The van der Waals surface area contributed by atoms with Crippen molar-refractivity contribution >= 4 is 25.7 Å². The van der Waals surface area contributed by atoms with Gasteiger partial charge in [0.15, 0.2) is 6.10 Å². The zero-order chi connectivity index (χ0) is 55.5. The van der Waals surface area contributed by atoms with E-state index in [2.05, 4.69) is 57.2 Å². The number of hydrogen-bond acceptors (Lipinski definition) is 10. The van der Waals surface area contributed by atoms with Crippen LogP contribution in [-0.4, -0.2) is 66.5 Å². The molecule has 0 amide bonds. The number of ether oxygens (including phenoxy) is 3. The van der Waals surface area contributed by atoms with E-state index in [4.69, 9.17) is 23.3 Å². The van der Waals surface area contributed by atoms with Crippen molar-refractivity contribution in [1.82, 2.24) is 0 Å². The maximum absolute atomic E-state index is 13.0.